The summed E-state index contributed by atoms with van der Waals surface area (Å²) in [5.41, 5.74) is 0.409. The normalized spacial score (nSPS) is 28.2. The molecule has 0 aliphatic carbocycles. The summed E-state index contributed by atoms with van der Waals surface area (Å²) in [6, 6.07) is 0. The number of ether oxygens (including phenoxy) is 2. The fraction of sp³-hybridized carbons (Fsp3) is 0.667. The van der Waals surface area contributed by atoms with Gasteiger partial charge in [0.2, 0.25) is 6.29 Å². The van der Waals surface area contributed by atoms with Crippen LogP contribution in [0.4, 0.5) is 0 Å². The molecule has 1 heterocycles. The van der Waals surface area contributed by atoms with Gasteiger partial charge >= 0.3 is 5.97 Å². The van der Waals surface area contributed by atoms with E-state index in [1.807, 2.05) is 0 Å². The Morgan fingerprint density at radius 3 is 2.85 bits per heavy atom. The molecule has 3 nitrogen and oxygen atoms in total. The molecule has 1 aliphatic heterocycles. The van der Waals surface area contributed by atoms with Crippen molar-refractivity contribution in [3.05, 3.63) is 12.2 Å². The molecule has 0 aromatic rings. The highest BCUT2D eigenvalue weighted by molar-refractivity contribution is 7.99. The summed E-state index contributed by atoms with van der Waals surface area (Å²) in [6.45, 7) is 7.85. The molecular formula is C9H14O3S. The number of carbonyl (C=O) groups is 1. The molecule has 0 aromatic carbocycles. The molecule has 2 atom stereocenters. The molecule has 0 saturated carbocycles. The van der Waals surface area contributed by atoms with Crippen LogP contribution in [0.2, 0.25) is 0 Å². The van der Waals surface area contributed by atoms with Crippen LogP contribution in [0.1, 0.15) is 13.8 Å². The van der Waals surface area contributed by atoms with Gasteiger partial charge in [-0.2, -0.15) is 0 Å². The molecule has 0 bridgehead atoms. The second-order valence-corrected chi connectivity index (χ2v) is 4.56. The highest BCUT2D eigenvalue weighted by Gasteiger charge is 2.22. The Kier molecular flexibility index (Phi) is 3.81. The highest BCUT2D eigenvalue weighted by atomic mass is 32.2. The molecule has 13 heavy (non-hydrogen) atoms. The van der Waals surface area contributed by atoms with Crippen LogP contribution in [-0.2, 0) is 14.3 Å². The molecule has 1 aliphatic rings. The molecule has 0 aromatic heterocycles. The Bertz CT molecular complexity index is 207. The third-order valence-electron chi connectivity index (χ3n) is 1.62. The summed E-state index contributed by atoms with van der Waals surface area (Å²) in [5, 5.41) is 0.486. The first kappa shape index (κ1) is 10.6. The summed E-state index contributed by atoms with van der Waals surface area (Å²) >= 11 is 1.75. The summed E-state index contributed by atoms with van der Waals surface area (Å²) in [7, 11) is 0. The molecule has 1 fully saturated rings. The SMILES string of the molecule is C=C(C)C(=O)OC1CSC(C)CO1. The Morgan fingerprint density at radius 2 is 2.38 bits per heavy atom. The number of carbonyl (C=O) groups excluding carboxylic acids is 1. The first-order chi connectivity index (χ1) is 6.09. The lowest BCUT2D eigenvalue weighted by Crippen LogP contribution is -2.31. The van der Waals surface area contributed by atoms with Gasteiger partial charge in [0.1, 0.15) is 0 Å². The van der Waals surface area contributed by atoms with Crippen molar-refractivity contribution < 1.29 is 14.3 Å². The predicted molar refractivity (Wildman–Crippen MR) is 52.6 cm³/mol. The second-order valence-electron chi connectivity index (χ2n) is 3.09. The molecule has 2 unspecified atom stereocenters. The van der Waals surface area contributed by atoms with E-state index in [4.69, 9.17) is 9.47 Å². The van der Waals surface area contributed by atoms with E-state index < -0.39 is 6.29 Å². The largest absolute Gasteiger partial charge is 0.431 e. The highest BCUT2D eigenvalue weighted by Crippen LogP contribution is 2.20. The lowest BCUT2D eigenvalue weighted by molar-refractivity contribution is -0.169. The first-order valence-electron chi connectivity index (χ1n) is 4.19. The monoisotopic (exact) mass is 202 g/mol. The molecule has 0 spiro atoms. The number of hydrogen-bond acceptors (Lipinski definition) is 4. The lowest BCUT2D eigenvalue weighted by atomic mass is 10.4. The van der Waals surface area contributed by atoms with Gasteiger partial charge in [-0.05, 0) is 6.92 Å². The molecule has 1 rings (SSSR count). The van der Waals surface area contributed by atoms with Gasteiger partial charge in [0.15, 0.2) is 0 Å². The van der Waals surface area contributed by atoms with Crippen LogP contribution < -0.4 is 0 Å². The van der Waals surface area contributed by atoms with E-state index >= 15 is 0 Å². The van der Waals surface area contributed by atoms with Crippen LogP contribution in [0.25, 0.3) is 0 Å². The predicted octanol–water partition coefficient (Wildman–Crippen LogP) is 1.58. The van der Waals surface area contributed by atoms with E-state index in [2.05, 4.69) is 13.5 Å². The van der Waals surface area contributed by atoms with Crippen LogP contribution in [0.15, 0.2) is 12.2 Å². The van der Waals surface area contributed by atoms with Gasteiger partial charge < -0.3 is 9.47 Å². The van der Waals surface area contributed by atoms with Gasteiger partial charge in [-0.1, -0.05) is 13.5 Å². The van der Waals surface area contributed by atoms with E-state index in [1.54, 1.807) is 18.7 Å². The van der Waals surface area contributed by atoms with Gasteiger partial charge in [0.05, 0.1) is 12.4 Å². The smallest absolute Gasteiger partial charge is 0.335 e. The van der Waals surface area contributed by atoms with Gasteiger partial charge in [-0.3, -0.25) is 0 Å². The van der Waals surface area contributed by atoms with Crippen molar-refractivity contribution in [1.29, 1.82) is 0 Å². The quantitative estimate of drug-likeness (QED) is 0.503. The van der Waals surface area contributed by atoms with Crippen LogP contribution in [-0.4, -0.2) is 29.9 Å². The average Bonchev–Trinajstić information content (AvgIpc) is 2.08. The van der Waals surface area contributed by atoms with E-state index in [9.17, 15) is 4.79 Å². The van der Waals surface area contributed by atoms with Gasteiger partial charge in [0.25, 0.3) is 0 Å². The maximum absolute atomic E-state index is 11.1. The zero-order valence-corrected chi connectivity index (χ0v) is 8.73. The van der Waals surface area contributed by atoms with Crippen molar-refractivity contribution in [2.75, 3.05) is 12.4 Å². The third kappa shape index (κ3) is 3.40. The number of hydrogen-bond donors (Lipinski definition) is 0. The standard InChI is InChI=1S/C9H14O3S/c1-6(2)9(10)12-8-5-13-7(3)4-11-8/h7-8H,1,4-5H2,2-3H3. The topological polar surface area (TPSA) is 35.5 Å². The maximum atomic E-state index is 11.1. The minimum absolute atomic E-state index is 0.375. The van der Waals surface area contributed by atoms with Crippen molar-refractivity contribution in [3.63, 3.8) is 0 Å². The van der Waals surface area contributed by atoms with Gasteiger partial charge in [0, 0.05) is 10.8 Å². The third-order valence-corrected chi connectivity index (χ3v) is 2.79. The Hall–Kier alpha value is -0.480. The fourth-order valence-electron chi connectivity index (χ4n) is 0.870. The first-order valence-corrected chi connectivity index (χ1v) is 5.24. The van der Waals surface area contributed by atoms with Crippen molar-refractivity contribution in [1.82, 2.24) is 0 Å². The van der Waals surface area contributed by atoms with Crippen LogP contribution in [0.3, 0.4) is 0 Å². The van der Waals surface area contributed by atoms with Crippen LogP contribution in [0, 0.1) is 0 Å². The molecule has 0 amide bonds. The average molecular weight is 202 g/mol. The molecule has 1 saturated heterocycles. The van der Waals surface area contributed by atoms with E-state index in [1.165, 1.54) is 0 Å². The number of thioether (sulfide) groups is 1. The molecule has 0 radical (unpaired) electrons. The second kappa shape index (κ2) is 4.67. The number of esters is 1. The Labute approximate surface area is 82.5 Å². The summed E-state index contributed by atoms with van der Waals surface area (Å²) in [4.78, 5) is 11.1. The van der Waals surface area contributed by atoms with E-state index in [0.29, 0.717) is 23.2 Å². The molecule has 0 N–H and O–H groups in total. The summed E-state index contributed by atoms with van der Waals surface area (Å²) in [5.74, 6) is 0.334. The zero-order valence-electron chi connectivity index (χ0n) is 7.91. The van der Waals surface area contributed by atoms with Crippen molar-refractivity contribution in [2.24, 2.45) is 0 Å². The van der Waals surface area contributed by atoms with Crippen LogP contribution in [0.5, 0.6) is 0 Å². The zero-order chi connectivity index (χ0) is 9.84. The summed E-state index contributed by atoms with van der Waals surface area (Å²) in [6.07, 6.45) is -0.398. The van der Waals surface area contributed by atoms with Gasteiger partial charge in [-0.25, -0.2) is 4.79 Å². The Balaban J connectivity index is 2.30. The van der Waals surface area contributed by atoms with Gasteiger partial charge in [-0.15, -0.1) is 11.8 Å². The Morgan fingerprint density at radius 1 is 1.69 bits per heavy atom. The van der Waals surface area contributed by atoms with E-state index in [0.717, 1.165) is 0 Å². The van der Waals surface area contributed by atoms with Crippen molar-refractivity contribution in [3.8, 4) is 0 Å². The summed E-state index contributed by atoms with van der Waals surface area (Å²) < 4.78 is 10.3. The van der Waals surface area contributed by atoms with Crippen molar-refractivity contribution in [2.45, 2.75) is 25.4 Å². The molecule has 74 valence electrons. The molecular weight excluding hydrogens is 188 g/mol. The maximum Gasteiger partial charge on any atom is 0.335 e. The molecule has 4 heteroatoms. The fourth-order valence-corrected chi connectivity index (χ4v) is 1.69. The van der Waals surface area contributed by atoms with Crippen LogP contribution >= 0.6 is 11.8 Å². The van der Waals surface area contributed by atoms with Crippen molar-refractivity contribution >= 4 is 17.7 Å². The minimum atomic E-state index is -0.398. The van der Waals surface area contributed by atoms with E-state index in [-0.39, 0.29) is 5.97 Å². The minimum Gasteiger partial charge on any atom is -0.431 e. The lowest BCUT2D eigenvalue weighted by Gasteiger charge is -2.26. The number of rotatable bonds is 2.